The summed E-state index contributed by atoms with van der Waals surface area (Å²) in [6.07, 6.45) is 3.59. The number of hydrogen-bond donors (Lipinski definition) is 1. The van der Waals surface area contributed by atoms with E-state index in [4.69, 9.17) is 0 Å². The Morgan fingerprint density at radius 1 is 1.10 bits per heavy atom. The van der Waals surface area contributed by atoms with E-state index in [9.17, 15) is 0 Å². The molecule has 0 fully saturated rings. The molecular formula is C15H14BrN3S. The third-order valence-corrected chi connectivity index (χ3v) is 3.52. The second kappa shape index (κ2) is 6.63. The quantitative estimate of drug-likeness (QED) is 0.736. The summed E-state index contributed by atoms with van der Waals surface area (Å²) >= 11 is 1.59. The monoisotopic (exact) mass is 347 g/mol. The minimum atomic E-state index is 0. The topological polar surface area (TPSA) is 37.8 Å². The lowest BCUT2D eigenvalue weighted by atomic mass is 10.2. The van der Waals surface area contributed by atoms with Crippen molar-refractivity contribution in [1.82, 2.24) is 9.97 Å². The lowest BCUT2D eigenvalue weighted by Gasteiger charge is -2.02. The Kier molecular flexibility index (Phi) is 4.87. The van der Waals surface area contributed by atoms with Gasteiger partial charge in [-0.1, -0.05) is 17.7 Å². The summed E-state index contributed by atoms with van der Waals surface area (Å²) in [4.78, 5) is 8.67. The van der Waals surface area contributed by atoms with Crippen LogP contribution in [-0.2, 0) is 0 Å². The smallest absolute Gasteiger partial charge is 0.187 e. The van der Waals surface area contributed by atoms with Crippen LogP contribution in [-0.4, -0.2) is 9.97 Å². The number of aryl methyl sites for hydroxylation is 1. The van der Waals surface area contributed by atoms with Gasteiger partial charge < -0.3 is 5.32 Å². The Bertz CT molecular complexity index is 665. The van der Waals surface area contributed by atoms with E-state index in [1.807, 2.05) is 23.7 Å². The van der Waals surface area contributed by atoms with E-state index in [1.54, 1.807) is 17.5 Å². The van der Waals surface area contributed by atoms with Crippen LogP contribution in [0.5, 0.6) is 0 Å². The third kappa shape index (κ3) is 3.43. The standard InChI is InChI=1S/C15H13N3S.BrH/c1-11-4-6-13(7-5-11)17-15-18-14(10-19-15)12-3-2-8-16-9-12;/h2-10H,1H3,(H,17,18);1H. The van der Waals surface area contributed by atoms with Crippen molar-refractivity contribution in [3.63, 3.8) is 0 Å². The zero-order valence-electron chi connectivity index (χ0n) is 10.9. The molecule has 5 heteroatoms. The second-order valence-corrected chi connectivity index (χ2v) is 5.13. The molecule has 0 amide bonds. The van der Waals surface area contributed by atoms with Gasteiger partial charge in [-0.2, -0.15) is 0 Å². The number of nitrogens with zero attached hydrogens (tertiary/aromatic N) is 2. The van der Waals surface area contributed by atoms with Crippen molar-refractivity contribution in [3.05, 3.63) is 59.7 Å². The fraction of sp³-hybridized carbons (Fsp3) is 0.0667. The van der Waals surface area contributed by atoms with Crippen molar-refractivity contribution in [3.8, 4) is 11.3 Å². The highest BCUT2D eigenvalue weighted by Gasteiger charge is 2.04. The highest BCUT2D eigenvalue weighted by Crippen LogP contribution is 2.26. The molecule has 20 heavy (non-hydrogen) atoms. The summed E-state index contributed by atoms with van der Waals surface area (Å²) < 4.78 is 0. The first kappa shape index (κ1) is 14.7. The van der Waals surface area contributed by atoms with Crippen molar-refractivity contribution in [1.29, 1.82) is 0 Å². The largest absolute Gasteiger partial charge is 0.332 e. The van der Waals surface area contributed by atoms with Crippen molar-refractivity contribution < 1.29 is 0 Å². The summed E-state index contributed by atoms with van der Waals surface area (Å²) in [5.74, 6) is 0. The van der Waals surface area contributed by atoms with Crippen LogP contribution in [0.3, 0.4) is 0 Å². The second-order valence-electron chi connectivity index (χ2n) is 4.27. The van der Waals surface area contributed by atoms with E-state index in [0.717, 1.165) is 22.1 Å². The van der Waals surface area contributed by atoms with Crippen LogP contribution in [0.4, 0.5) is 10.8 Å². The molecule has 0 atom stereocenters. The maximum absolute atomic E-state index is 4.57. The van der Waals surface area contributed by atoms with E-state index in [0.29, 0.717) is 0 Å². The molecule has 3 rings (SSSR count). The molecule has 2 heterocycles. The lowest BCUT2D eigenvalue weighted by molar-refractivity contribution is 1.30. The number of halogens is 1. The normalized spacial score (nSPS) is 9.85. The number of benzene rings is 1. The minimum Gasteiger partial charge on any atom is -0.332 e. The average molecular weight is 348 g/mol. The molecule has 0 unspecified atom stereocenters. The van der Waals surface area contributed by atoms with Crippen LogP contribution in [0, 0.1) is 6.92 Å². The first-order valence-corrected chi connectivity index (χ1v) is 6.89. The highest BCUT2D eigenvalue weighted by atomic mass is 79.9. The number of anilines is 2. The van der Waals surface area contributed by atoms with Gasteiger partial charge in [-0.25, -0.2) is 4.98 Å². The zero-order chi connectivity index (χ0) is 13.1. The maximum Gasteiger partial charge on any atom is 0.187 e. The summed E-state index contributed by atoms with van der Waals surface area (Å²) in [7, 11) is 0. The van der Waals surface area contributed by atoms with Crippen LogP contribution in [0.15, 0.2) is 54.2 Å². The van der Waals surface area contributed by atoms with Crippen LogP contribution in [0.1, 0.15) is 5.56 Å². The third-order valence-electron chi connectivity index (χ3n) is 2.76. The van der Waals surface area contributed by atoms with Crippen molar-refractivity contribution in [2.45, 2.75) is 6.92 Å². The van der Waals surface area contributed by atoms with Crippen LogP contribution < -0.4 is 5.32 Å². The predicted octanol–water partition coefficient (Wildman–Crippen LogP) is 4.84. The molecule has 2 aromatic heterocycles. The molecule has 3 aromatic rings. The Morgan fingerprint density at radius 3 is 2.60 bits per heavy atom. The molecule has 1 N–H and O–H groups in total. The number of rotatable bonds is 3. The fourth-order valence-corrected chi connectivity index (χ4v) is 2.48. The first-order chi connectivity index (χ1) is 9.31. The van der Waals surface area contributed by atoms with Gasteiger partial charge >= 0.3 is 0 Å². The molecule has 0 spiro atoms. The van der Waals surface area contributed by atoms with Gasteiger partial charge in [-0.3, -0.25) is 4.98 Å². The lowest BCUT2D eigenvalue weighted by Crippen LogP contribution is -1.89. The van der Waals surface area contributed by atoms with Gasteiger partial charge in [-0.05, 0) is 31.2 Å². The van der Waals surface area contributed by atoms with Crippen molar-refractivity contribution in [2.24, 2.45) is 0 Å². The van der Waals surface area contributed by atoms with Gasteiger partial charge in [0.1, 0.15) is 0 Å². The summed E-state index contributed by atoms with van der Waals surface area (Å²) in [5, 5.41) is 6.23. The van der Waals surface area contributed by atoms with Crippen molar-refractivity contribution in [2.75, 3.05) is 5.32 Å². The minimum absolute atomic E-state index is 0. The molecule has 0 aliphatic heterocycles. The van der Waals surface area contributed by atoms with Gasteiger partial charge in [0.25, 0.3) is 0 Å². The predicted molar refractivity (Wildman–Crippen MR) is 90.1 cm³/mol. The first-order valence-electron chi connectivity index (χ1n) is 6.01. The van der Waals surface area contributed by atoms with Crippen LogP contribution in [0.25, 0.3) is 11.3 Å². The fourth-order valence-electron chi connectivity index (χ4n) is 1.74. The molecule has 3 nitrogen and oxygen atoms in total. The molecule has 0 aliphatic carbocycles. The van der Waals surface area contributed by atoms with E-state index >= 15 is 0 Å². The van der Waals surface area contributed by atoms with Crippen LogP contribution in [0.2, 0.25) is 0 Å². The molecule has 0 radical (unpaired) electrons. The molecular weight excluding hydrogens is 334 g/mol. The summed E-state index contributed by atoms with van der Waals surface area (Å²) in [6.45, 7) is 2.08. The zero-order valence-corrected chi connectivity index (χ0v) is 13.4. The Balaban J connectivity index is 0.00000147. The SMILES string of the molecule is Br.Cc1ccc(Nc2nc(-c3cccnc3)cs2)cc1. The van der Waals surface area contributed by atoms with Gasteiger partial charge in [0.2, 0.25) is 0 Å². The van der Waals surface area contributed by atoms with E-state index in [1.165, 1.54) is 5.56 Å². The molecule has 0 saturated heterocycles. The Morgan fingerprint density at radius 2 is 1.90 bits per heavy atom. The molecule has 1 aromatic carbocycles. The van der Waals surface area contributed by atoms with E-state index < -0.39 is 0 Å². The van der Waals surface area contributed by atoms with Gasteiger partial charge in [-0.15, -0.1) is 28.3 Å². The molecule has 0 aliphatic rings. The molecule has 0 saturated carbocycles. The Hall–Kier alpha value is -1.72. The highest BCUT2D eigenvalue weighted by molar-refractivity contribution is 8.93. The average Bonchev–Trinajstić information content (AvgIpc) is 2.91. The number of aromatic nitrogens is 2. The maximum atomic E-state index is 4.57. The van der Waals surface area contributed by atoms with Gasteiger partial charge in [0.15, 0.2) is 5.13 Å². The molecule has 0 bridgehead atoms. The Labute approximate surface area is 132 Å². The summed E-state index contributed by atoms with van der Waals surface area (Å²) in [5.41, 5.74) is 4.29. The van der Waals surface area contributed by atoms with E-state index in [2.05, 4.69) is 46.5 Å². The number of hydrogen-bond acceptors (Lipinski definition) is 4. The number of thiazole rings is 1. The number of pyridine rings is 1. The number of nitrogens with one attached hydrogen (secondary N) is 1. The van der Waals surface area contributed by atoms with Crippen LogP contribution >= 0.6 is 28.3 Å². The van der Waals surface area contributed by atoms with Gasteiger partial charge in [0, 0.05) is 29.0 Å². The van der Waals surface area contributed by atoms with E-state index in [-0.39, 0.29) is 17.0 Å². The molecule has 102 valence electrons. The van der Waals surface area contributed by atoms with Crippen molar-refractivity contribution >= 4 is 39.1 Å². The van der Waals surface area contributed by atoms with Gasteiger partial charge in [0.05, 0.1) is 5.69 Å². The summed E-state index contributed by atoms with van der Waals surface area (Å²) in [6, 6.07) is 12.2.